The molecule has 0 aliphatic heterocycles. The molecule has 0 unspecified atom stereocenters. The molecule has 2 heteroatoms. The number of rotatable bonds is 3. The van der Waals surface area contributed by atoms with Crippen LogP contribution in [-0.4, -0.2) is 14.2 Å². The number of methoxy groups -OCH3 is 2. The fourth-order valence-corrected chi connectivity index (χ4v) is 0.956. The number of ether oxygens (including phenoxy) is 2. The minimum Gasteiger partial charge on any atom is -0.493 e. The van der Waals surface area contributed by atoms with Crippen molar-refractivity contribution < 1.29 is 9.47 Å². The Morgan fingerprint density at radius 1 is 1.17 bits per heavy atom. The Kier molecular flexibility index (Phi) is 2.75. The Morgan fingerprint density at radius 2 is 1.83 bits per heavy atom. The van der Waals surface area contributed by atoms with E-state index < -0.39 is 0 Å². The molecule has 0 N–H and O–H groups in total. The van der Waals surface area contributed by atoms with E-state index in [0.717, 1.165) is 5.56 Å². The zero-order valence-corrected chi connectivity index (χ0v) is 7.20. The summed E-state index contributed by atoms with van der Waals surface area (Å²) in [6.45, 7) is 5.34. The van der Waals surface area contributed by atoms with E-state index in [-0.39, 0.29) is 0 Å². The van der Waals surface area contributed by atoms with Crippen LogP contribution in [0.5, 0.6) is 11.5 Å². The van der Waals surface area contributed by atoms with Gasteiger partial charge in [0.1, 0.15) is 0 Å². The van der Waals surface area contributed by atoms with E-state index in [9.17, 15) is 0 Å². The molecule has 0 saturated heterocycles. The highest BCUT2D eigenvalue weighted by Crippen LogP contribution is 2.27. The third-order valence-corrected chi connectivity index (χ3v) is 1.60. The molecule has 63 valence electrons. The highest BCUT2D eigenvalue weighted by atomic mass is 16.5. The van der Waals surface area contributed by atoms with Crippen LogP contribution in [0.3, 0.4) is 0 Å². The van der Waals surface area contributed by atoms with Gasteiger partial charge in [0.15, 0.2) is 11.5 Å². The van der Waals surface area contributed by atoms with Gasteiger partial charge in [-0.05, 0) is 17.7 Å². The Balaban J connectivity index is 3.10. The summed E-state index contributed by atoms with van der Waals surface area (Å²) in [5.74, 6) is 1.40. The molecule has 1 aromatic rings. The summed E-state index contributed by atoms with van der Waals surface area (Å²) in [6, 6.07) is 5.50. The fraction of sp³-hybridized carbons (Fsp3) is 0.200. The molecule has 0 aliphatic rings. The maximum absolute atomic E-state index is 5.34. The van der Waals surface area contributed by atoms with E-state index in [2.05, 4.69) is 0 Å². The Labute approximate surface area is 72.4 Å². The predicted octanol–water partition coefficient (Wildman–Crippen LogP) is 2.15. The second-order valence-corrected chi connectivity index (χ2v) is 2.28. The molecule has 0 aliphatic carbocycles. The van der Waals surface area contributed by atoms with Crippen molar-refractivity contribution in [1.29, 1.82) is 0 Å². The summed E-state index contributed by atoms with van der Waals surface area (Å²) in [5.41, 5.74) is 0.910. The van der Waals surface area contributed by atoms with Gasteiger partial charge < -0.3 is 9.47 Å². The van der Waals surface area contributed by atoms with Crippen molar-refractivity contribution in [3.8, 4) is 11.5 Å². The van der Waals surface area contributed by atoms with E-state index in [4.69, 9.17) is 16.1 Å². The second kappa shape index (κ2) is 3.81. The van der Waals surface area contributed by atoms with Crippen molar-refractivity contribution in [2.45, 2.75) is 0 Å². The summed E-state index contributed by atoms with van der Waals surface area (Å²) in [5, 5.41) is 0. The van der Waals surface area contributed by atoms with Crippen LogP contribution in [0.2, 0.25) is 0 Å². The average molecular weight is 163 g/mol. The first-order chi connectivity index (χ1) is 5.81. The van der Waals surface area contributed by atoms with Gasteiger partial charge >= 0.3 is 0 Å². The fourth-order valence-electron chi connectivity index (χ4n) is 0.956. The Hall–Kier alpha value is -1.44. The number of benzene rings is 1. The molecule has 0 amide bonds. The third kappa shape index (κ3) is 1.59. The largest absolute Gasteiger partial charge is 0.493 e. The highest BCUT2D eigenvalue weighted by molar-refractivity contribution is 5.53. The quantitative estimate of drug-likeness (QED) is 0.679. The molecule has 1 radical (unpaired) electrons. The van der Waals surface area contributed by atoms with Crippen LogP contribution in [0.15, 0.2) is 18.2 Å². The summed E-state index contributed by atoms with van der Waals surface area (Å²) >= 11 is 0. The summed E-state index contributed by atoms with van der Waals surface area (Å²) in [4.78, 5) is 0. The summed E-state index contributed by atoms with van der Waals surface area (Å²) in [7, 11) is 3.20. The smallest absolute Gasteiger partial charge is 0.161 e. The molecule has 0 spiro atoms. The minimum atomic E-state index is 0.691. The maximum atomic E-state index is 5.34. The van der Waals surface area contributed by atoms with Crippen LogP contribution in [-0.2, 0) is 0 Å². The predicted molar refractivity (Wildman–Crippen MR) is 48.3 cm³/mol. The highest BCUT2D eigenvalue weighted by Gasteiger charge is 2.01. The average Bonchev–Trinajstić information content (AvgIpc) is 2.16. The van der Waals surface area contributed by atoms with Gasteiger partial charge in [0.2, 0.25) is 0 Å². The summed E-state index contributed by atoms with van der Waals surface area (Å²) < 4.78 is 10.1. The van der Waals surface area contributed by atoms with Crippen molar-refractivity contribution in [3.05, 3.63) is 30.3 Å². The van der Waals surface area contributed by atoms with E-state index >= 15 is 0 Å². The van der Waals surface area contributed by atoms with Crippen molar-refractivity contribution in [2.75, 3.05) is 14.2 Å². The van der Waals surface area contributed by atoms with Gasteiger partial charge in [0.25, 0.3) is 0 Å². The Morgan fingerprint density at radius 3 is 2.33 bits per heavy atom. The zero-order chi connectivity index (χ0) is 8.97. The monoisotopic (exact) mass is 163 g/mol. The lowest BCUT2D eigenvalue weighted by atomic mass is 10.2. The lowest BCUT2D eigenvalue weighted by molar-refractivity contribution is 0.355. The van der Waals surface area contributed by atoms with E-state index in [1.807, 2.05) is 18.2 Å². The van der Waals surface area contributed by atoms with Gasteiger partial charge in [-0.2, -0.15) is 0 Å². The lowest BCUT2D eigenvalue weighted by Crippen LogP contribution is -1.90. The number of hydrogen-bond donors (Lipinski definition) is 0. The standard InChI is InChI=1S/C10H11O2/c1-4-8-5-6-9(11-2)10(7-8)12-3/h1,4-7H,2-3H3. The van der Waals surface area contributed by atoms with Gasteiger partial charge in [0.05, 0.1) is 14.2 Å². The van der Waals surface area contributed by atoms with E-state index in [1.54, 1.807) is 14.2 Å². The van der Waals surface area contributed by atoms with E-state index in [0.29, 0.717) is 11.5 Å². The lowest BCUT2D eigenvalue weighted by Gasteiger charge is -2.07. The molecule has 0 fully saturated rings. The zero-order valence-electron chi connectivity index (χ0n) is 7.20. The molecule has 0 heterocycles. The molecular formula is C10H11O2. The first-order valence-corrected chi connectivity index (χ1v) is 3.58. The van der Waals surface area contributed by atoms with Crippen LogP contribution >= 0.6 is 0 Å². The molecule has 1 aromatic carbocycles. The van der Waals surface area contributed by atoms with Gasteiger partial charge in [-0.15, -0.1) is 0 Å². The summed E-state index contributed by atoms with van der Waals surface area (Å²) in [6.07, 6.45) is 1.52. The topological polar surface area (TPSA) is 18.5 Å². The first-order valence-electron chi connectivity index (χ1n) is 3.58. The van der Waals surface area contributed by atoms with Gasteiger partial charge in [-0.1, -0.05) is 18.7 Å². The molecule has 0 aromatic heterocycles. The van der Waals surface area contributed by atoms with Crippen LogP contribution in [0, 0.1) is 6.58 Å². The van der Waals surface area contributed by atoms with Crippen molar-refractivity contribution in [3.63, 3.8) is 0 Å². The SMILES string of the molecule is [CH]=Cc1ccc(OC)c(OC)c1. The number of hydrogen-bond acceptors (Lipinski definition) is 2. The first kappa shape index (κ1) is 8.65. The normalized spacial score (nSPS) is 9.17. The Bertz CT molecular complexity index is 279. The van der Waals surface area contributed by atoms with Crippen molar-refractivity contribution >= 4 is 6.08 Å². The molecule has 12 heavy (non-hydrogen) atoms. The maximum Gasteiger partial charge on any atom is 0.161 e. The van der Waals surface area contributed by atoms with Gasteiger partial charge in [0, 0.05) is 0 Å². The molecule has 0 atom stereocenters. The minimum absolute atomic E-state index is 0.691. The molecule has 0 saturated carbocycles. The van der Waals surface area contributed by atoms with E-state index in [1.165, 1.54) is 6.08 Å². The molecule has 2 nitrogen and oxygen atoms in total. The van der Waals surface area contributed by atoms with Crippen molar-refractivity contribution in [1.82, 2.24) is 0 Å². The molecular weight excluding hydrogens is 152 g/mol. The molecule has 0 bridgehead atoms. The van der Waals surface area contributed by atoms with Crippen LogP contribution in [0.4, 0.5) is 0 Å². The van der Waals surface area contributed by atoms with Gasteiger partial charge in [-0.3, -0.25) is 0 Å². The van der Waals surface area contributed by atoms with Gasteiger partial charge in [-0.25, -0.2) is 0 Å². The van der Waals surface area contributed by atoms with Crippen molar-refractivity contribution in [2.24, 2.45) is 0 Å². The van der Waals surface area contributed by atoms with Crippen LogP contribution in [0.1, 0.15) is 5.56 Å². The molecule has 1 rings (SSSR count). The van der Waals surface area contributed by atoms with Crippen LogP contribution < -0.4 is 9.47 Å². The third-order valence-electron chi connectivity index (χ3n) is 1.60. The van der Waals surface area contributed by atoms with Crippen LogP contribution in [0.25, 0.3) is 6.08 Å². The second-order valence-electron chi connectivity index (χ2n) is 2.28.